The molecule has 0 radical (unpaired) electrons. The van der Waals surface area contributed by atoms with Crippen LogP contribution in [-0.4, -0.2) is 26.8 Å². The molecule has 1 N–H and O–H groups in total. The average Bonchev–Trinajstić information content (AvgIpc) is 3.12. The second kappa shape index (κ2) is 8.80. The minimum atomic E-state index is -0.0934. The van der Waals surface area contributed by atoms with Gasteiger partial charge in [-0.2, -0.15) is 10.2 Å². The summed E-state index contributed by atoms with van der Waals surface area (Å²) in [6, 6.07) is 2.08. The van der Waals surface area contributed by atoms with Crippen LogP contribution in [0.4, 0.5) is 5.13 Å². The fourth-order valence-corrected chi connectivity index (χ4v) is 3.67. The summed E-state index contributed by atoms with van der Waals surface area (Å²) in [6.07, 6.45) is 1.57. The van der Waals surface area contributed by atoms with Gasteiger partial charge in [0.2, 0.25) is 11.8 Å². The molecule has 0 unspecified atom stereocenters. The van der Waals surface area contributed by atoms with E-state index >= 15 is 0 Å². The maximum atomic E-state index is 12.0. The summed E-state index contributed by atoms with van der Waals surface area (Å²) in [5, 5.41) is 15.9. The molecule has 0 aromatic carbocycles. The highest BCUT2D eigenvalue weighted by molar-refractivity contribution is 8.01. The first-order valence-electron chi connectivity index (χ1n) is 7.59. The van der Waals surface area contributed by atoms with E-state index in [1.807, 2.05) is 20.8 Å². The number of anilines is 1. The Kier molecular flexibility index (Phi) is 6.75. The van der Waals surface area contributed by atoms with Gasteiger partial charge in [0.05, 0.1) is 21.7 Å². The number of nitrogens with zero attached hydrogens (tertiary/aromatic N) is 4. The van der Waals surface area contributed by atoms with E-state index in [1.165, 1.54) is 23.1 Å². The van der Waals surface area contributed by atoms with Crippen molar-refractivity contribution in [2.24, 2.45) is 0 Å². The van der Waals surface area contributed by atoms with Gasteiger partial charge in [-0.25, -0.2) is 4.98 Å². The number of thiazole rings is 1. The number of hydrogen-bond donors (Lipinski definition) is 1. The van der Waals surface area contributed by atoms with E-state index in [0.29, 0.717) is 41.9 Å². The SMILES string of the molecule is Cc1nc(NC(=O)CCCc2nc(C(C)C)no2)sc1SCC#N. The van der Waals surface area contributed by atoms with Crippen molar-refractivity contribution < 1.29 is 9.32 Å². The third-order valence-electron chi connectivity index (χ3n) is 3.06. The molecule has 2 heterocycles. The Balaban J connectivity index is 1.77. The molecule has 2 aromatic heterocycles. The highest BCUT2D eigenvalue weighted by Gasteiger charge is 2.12. The summed E-state index contributed by atoms with van der Waals surface area (Å²) in [7, 11) is 0. The Morgan fingerprint density at radius 1 is 1.46 bits per heavy atom. The fourth-order valence-electron chi connectivity index (χ4n) is 1.85. The Morgan fingerprint density at radius 2 is 2.25 bits per heavy atom. The van der Waals surface area contributed by atoms with Gasteiger partial charge in [-0.15, -0.1) is 0 Å². The van der Waals surface area contributed by atoms with E-state index in [1.54, 1.807) is 0 Å². The molecule has 0 spiro atoms. The molecular formula is C15H19N5O2S2. The number of thioether (sulfide) groups is 1. The van der Waals surface area contributed by atoms with Crippen molar-refractivity contribution in [3.8, 4) is 6.07 Å². The molecular weight excluding hydrogens is 346 g/mol. The summed E-state index contributed by atoms with van der Waals surface area (Å²) in [4.78, 5) is 20.6. The van der Waals surface area contributed by atoms with Crippen LogP contribution in [-0.2, 0) is 11.2 Å². The van der Waals surface area contributed by atoms with Gasteiger partial charge in [0.25, 0.3) is 0 Å². The number of rotatable bonds is 8. The highest BCUT2D eigenvalue weighted by atomic mass is 32.2. The Hall–Kier alpha value is -1.92. The van der Waals surface area contributed by atoms with Crippen molar-refractivity contribution in [3.05, 3.63) is 17.4 Å². The normalized spacial score (nSPS) is 10.8. The van der Waals surface area contributed by atoms with Gasteiger partial charge in [0.15, 0.2) is 11.0 Å². The number of hydrogen-bond acceptors (Lipinski definition) is 8. The summed E-state index contributed by atoms with van der Waals surface area (Å²) in [6.45, 7) is 5.87. The molecule has 0 aliphatic carbocycles. The van der Waals surface area contributed by atoms with Crippen LogP contribution in [0.1, 0.15) is 50.0 Å². The zero-order valence-corrected chi connectivity index (χ0v) is 15.5. The Bertz CT molecular complexity index is 733. The number of nitrogens with one attached hydrogen (secondary N) is 1. The molecule has 0 atom stereocenters. The van der Waals surface area contributed by atoms with Gasteiger partial charge in [-0.05, 0) is 13.3 Å². The standard InChI is InChI=1S/C15H19N5O2S2/c1-9(2)13-19-12(22-20-13)6-4-5-11(21)18-15-17-10(3)14(24-15)23-8-7-16/h9H,4-6,8H2,1-3H3,(H,17,18,21). The predicted molar refractivity (Wildman–Crippen MR) is 93.1 cm³/mol. The fraction of sp³-hybridized carbons (Fsp3) is 0.533. The molecule has 2 rings (SSSR count). The predicted octanol–water partition coefficient (Wildman–Crippen LogP) is 3.54. The number of carbonyl (C=O) groups excluding carboxylic acids is 1. The molecule has 0 aliphatic heterocycles. The average molecular weight is 365 g/mol. The summed E-state index contributed by atoms with van der Waals surface area (Å²) < 4.78 is 6.11. The Labute approximate surface area is 148 Å². The monoisotopic (exact) mass is 365 g/mol. The maximum Gasteiger partial charge on any atom is 0.226 e. The summed E-state index contributed by atoms with van der Waals surface area (Å²) in [5.41, 5.74) is 0.836. The minimum absolute atomic E-state index is 0.0934. The van der Waals surface area contributed by atoms with Crippen LogP contribution in [0, 0.1) is 18.3 Å². The first kappa shape index (κ1) is 18.4. The van der Waals surface area contributed by atoms with Crippen LogP contribution in [0.2, 0.25) is 0 Å². The lowest BCUT2D eigenvalue weighted by Crippen LogP contribution is -2.11. The van der Waals surface area contributed by atoms with Crippen molar-refractivity contribution >= 4 is 34.1 Å². The van der Waals surface area contributed by atoms with Gasteiger partial charge in [0.1, 0.15) is 0 Å². The smallest absolute Gasteiger partial charge is 0.226 e. The summed E-state index contributed by atoms with van der Waals surface area (Å²) >= 11 is 2.82. The van der Waals surface area contributed by atoms with E-state index in [9.17, 15) is 4.79 Å². The molecule has 7 nitrogen and oxygen atoms in total. The molecule has 9 heteroatoms. The van der Waals surface area contributed by atoms with Crippen molar-refractivity contribution in [2.75, 3.05) is 11.1 Å². The topological polar surface area (TPSA) is 105 Å². The van der Waals surface area contributed by atoms with Crippen LogP contribution in [0.3, 0.4) is 0 Å². The number of aryl methyl sites for hydroxylation is 2. The van der Waals surface area contributed by atoms with Crippen LogP contribution < -0.4 is 5.32 Å². The second-order valence-electron chi connectivity index (χ2n) is 5.44. The second-order valence-corrected chi connectivity index (χ2v) is 7.68. The summed E-state index contributed by atoms with van der Waals surface area (Å²) in [5.74, 6) is 1.76. The quantitative estimate of drug-likeness (QED) is 0.713. The van der Waals surface area contributed by atoms with Crippen molar-refractivity contribution in [2.45, 2.75) is 50.2 Å². The number of aromatic nitrogens is 3. The largest absolute Gasteiger partial charge is 0.339 e. The molecule has 2 aromatic rings. The van der Waals surface area contributed by atoms with Gasteiger partial charge < -0.3 is 9.84 Å². The molecule has 1 amide bonds. The first-order valence-corrected chi connectivity index (χ1v) is 9.39. The molecule has 0 saturated heterocycles. The zero-order chi connectivity index (χ0) is 17.5. The molecule has 0 saturated carbocycles. The molecule has 0 aliphatic rings. The molecule has 0 fully saturated rings. The lowest BCUT2D eigenvalue weighted by Gasteiger charge is -2.00. The lowest BCUT2D eigenvalue weighted by molar-refractivity contribution is -0.116. The first-order chi connectivity index (χ1) is 11.5. The molecule has 24 heavy (non-hydrogen) atoms. The van der Waals surface area contributed by atoms with Crippen molar-refractivity contribution in [1.29, 1.82) is 5.26 Å². The number of amides is 1. The van der Waals surface area contributed by atoms with Gasteiger partial charge in [-0.3, -0.25) is 4.79 Å². The molecule has 0 bridgehead atoms. The molecule has 128 valence electrons. The van der Waals surface area contributed by atoms with Crippen LogP contribution >= 0.6 is 23.1 Å². The van der Waals surface area contributed by atoms with E-state index in [0.717, 1.165) is 9.90 Å². The van der Waals surface area contributed by atoms with Crippen LogP contribution in [0.5, 0.6) is 0 Å². The zero-order valence-electron chi connectivity index (χ0n) is 13.8. The lowest BCUT2D eigenvalue weighted by atomic mass is 10.2. The Morgan fingerprint density at radius 3 is 2.92 bits per heavy atom. The van der Waals surface area contributed by atoms with E-state index in [4.69, 9.17) is 9.78 Å². The number of nitriles is 1. The van der Waals surface area contributed by atoms with E-state index in [2.05, 4.69) is 26.5 Å². The highest BCUT2D eigenvalue weighted by Crippen LogP contribution is 2.31. The minimum Gasteiger partial charge on any atom is -0.339 e. The van der Waals surface area contributed by atoms with Gasteiger partial charge >= 0.3 is 0 Å². The van der Waals surface area contributed by atoms with Crippen LogP contribution in [0.15, 0.2) is 8.73 Å². The van der Waals surface area contributed by atoms with Crippen molar-refractivity contribution in [3.63, 3.8) is 0 Å². The van der Waals surface area contributed by atoms with E-state index < -0.39 is 0 Å². The van der Waals surface area contributed by atoms with Gasteiger partial charge in [-0.1, -0.05) is 42.1 Å². The van der Waals surface area contributed by atoms with Crippen LogP contribution in [0.25, 0.3) is 0 Å². The third kappa shape index (κ3) is 5.32. The third-order valence-corrected chi connectivity index (χ3v) is 5.36. The maximum absolute atomic E-state index is 12.0. The van der Waals surface area contributed by atoms with E-state index in [-0.39, 0.29) is 11.8 Å². The van der Waals surface area contributed by atoms with Gasteiger partial charge in [0, 0.05) is 18.8 Å². The van der Waals surface area contributed by atoms with Crippen molar-refractivity contribution in [1.82, 2.24) is 15.1 Å². The number of carbonyl (C=O) groups is 1.